The Bertz CT molecular complexity index is 1780. The smallest absolute Gasteiger partial charge is 0.264 e. The number of aryl methyl sites for hydroxylation is 1. The third-order valence-corrected chi connectivity index (χ3v) is 10.0. The van der Waals surface area contributed by atoms with Gasteiger partial charge < -0.3 is 15.0 Å². The number of amides is 2. The van der Waals surface area contributed by atoms with Crippen molar-refractivity contribution in [3.05, 3.63) is 124 Å². The highest BCUT2D eigenvalue weighted by atomic mass is 35.5. The highest BCUT2D eigenvalue weighted by Crippen LogP contribution is 2.31. The first kappa shape index (κ1) is 35.5. The van der Waals surface area contributed by atoms with Crippen LogP contribution in [0.2, 0.25) is 5.02 Å². The van der Waals surface area contributed by atoms with Gasteiger partial charge in [0.05, 0.1) is 17.7 Å². The maximum absolute atomic E-state index is 14.7. The SMILES string of the molecule is COc1cccc(CN(C(=O)CN(c2cccc(Cl)c2C)S(=O)(=O)c2ccc(C)cc2)[C@@H](Cc2ccccc2)C(=O)NCC(C)C)c1. The maximum atomic E-state index is 14.7. The molecule has 0 fully saturated rings. The highest BCUT2D eigenvalue weighted by Gasteiger charge is 2.35. The fourth-order valence-corrected chi connectivity index (χ4v) is 6.80. The first-order chi connectivity index (χ1) is 22.4. The number of hydrogen-bond donors (Lipinski definition) is 1. The normalized spacial score (nSPS) is 12.0. The summed E-state index contributed by atoms with van der Waals surface area (Å²) in [6, 6.07) is 27.2. The minimum absolute atomic E-state index is 0.0325. The quantitative estimate of drug-likeness (QED) is 0.163. The summed E-state index contributed by atoms with van der Waals surface area (Å²) >= 11 is 6.47. The number of halogens is 1. The second-order valence-electron chi connectivity index (χ2n) is 11.9. The van der Waals surface area contributed by atoms with Crippen LogP contribution in [-0.2, 0) is 32.6 Å². The van der Waals surface area contributed by atoms with Gasteiger partial charge in [-0.15, -0.1) is 0 Å². The number of methoxy groups -OCH3 is 1. The Hall–Kier alpha value is -4.34. The molecule has 248 valence electrons. The van der Waals surface area contributed by atoms with Gasteiger partial charge in [-0.3, -0.25) is 13.9 Å². The number of sulfonamides is 1. The van der Waals surface area contributed by atoms with Gasteiger partial charge in [-0.1, -0.05) is 91.7 Å². The van der Waals surface area contributed by atoms with Gasteiger partial charge in [0.1, 0.15) is 18.3 Å². The van der Waals surface area contributed by atoms with Crippen molar-refractivity contribution in [3.63, 3.8) is 0 Å². The van der Waals surface area contributed by atoms with Crippen LogP contribution in [0.25, 0.3) is 0 Å². The summed E-state index contributed by atoms with van der Waals surface area (Å²) in [6.07, 6.45) is 0.224. The van der Waals surface area contributed by atoms with E-state index in [1.807, 2.05) is 63.2 Å². The van der Waals surface area contributed by atoms with Gasteiger partial charge in [-0.25, -0.2) is 8.42 Å². The lowest BCUT2D eigenvalue weighted by Crippen LogP contribution is -2.53. The molecular formula is C37H42ClN3O5S. The Kier molecular flexibility index (Phi) is 12.1. The van der Waals surface area contributed by atoms with Crippen LogP contribution >= 0.6 is 11.6 Å². The van der Waals surface area contributed by atoms with E-state index in [2.05, 4.69) is 5.32 Å². The molecule has 0 aromatic heterocycles. The molecule has 0 aliphatic heterocycles. The number of rotatable bonds is 14. The minimum Gasteiger partial charge on any atom is -0.497 e. The molecule has 4 rings (SSSR count). The van der Waals surface area contributed by atoms with E-state index in [-0.39, 0.29) is 35.4 Å². The summed E-state index contributed by atoms with van der Waals surface area (Å²) in [5, 5.41) is 3.37. The Balaban J connectivity index is 1.84. The number of nitrogens with one attached hydrogen (secondary N) is 1. The Morgan fingerprint density at radius 1 is 0.872 bits per heavy atom. The molecule has 1 atom stereocenters. The Morgan fingerprint density at radius 3 is 2.19 bits per heavy atom. The molecule has 0 radical (unpaired) electrons. The standard InChI is InChI=1S/C37H42ClN3O5S/c1-26(2)23-39-37(43)35(22-29-11-7-6-8-12-29)40(24-30-13-9-14-31(21-30)46-5)36(42)25-41(34-16-10-15-33(38)28(34)4)47(44,45)32-19-17-27(3)18-20-32/h6-21,26,35H,22-25H2,1-5H3,(H,39,43)/t35-/m0/s1. The van der Waals surface area contributed by atoms with E-state index in [4.69, 9.17) is 16.3 Å². The van der Waals surface area contributed by atoms with Gasteiger partial charge in [0.25, 0.3) is 10.0 Å². The van der Waals surface area contributed by atoms with Crippen molar-refractivity contribution in [3.8, 4) is 5.75 Å². The summed E-state index contributed by atoms with van der Waals surface area (Å²) in [4.78, 5) is 30.1. The summed E-state index contributed by atoms with van der Waals surface area (Å²) < 4.78 is 35.1. The number of nitrogens with zero attached hydrogens (tertiary/aromatic N) is 2. The zero-order valence-electron chi connectivity index (χ0n) is 27.4. The van der Waals surface area contributed by atoms with E-state index in [0.29, 0.717) is 22.9 Å². The average molecular weight is 676 g/mol. The zero-order valence-corrected chi connectivity index (χ0v) is 29.0. The van der Waals surface area contributed by atoms with Crippen molar-refractivity contribution in [1.82, 2.24) is 10.2 Å². The number of carbonyl (C=O) groups excluding carboxylic acids is 2. The van der Waals surface area contributed by atoms with E-state index in [1.165, 1.54) is 17.0 Å². The summed E-state index contributed by atoms with van der Waals surface area (Å²) in [7, 11) is -2.69. The molecule has 4 aromatic carbocycles. The Labute approximate surface area is 283 Å². The molecule has 8 nitrogen and oxygen atoms in total. The molecule has 47 heavy (non-hydrogen) atoms. The van der Waals surface area contributed by atoms with Crippen molar-refractivity contribution < 1.29 is 22.7 Å². The predicted molar refractivity (Wildman–Crippen MR) is 187 cm³/mol. The molecule has 0 heterocycles. The van der Waals surface area contributed by atoms with Crippen LogP contribution in [0.15, 0.2) is 102 Å². The van der Waals surface area contributed by atoms with E-state index in [0.717, 1.165) is 21.0 Å². The molecule has 0 aliphatic carbocycles. The molecule has 10 heteroatoms. The first-order valence-electron chi connectivity index (χ1n) is 15.5. The molecule has 0 saturated heterocycles. The fourth-order valence-electron chi connectivity index (χ4n) is 5.16. The van der Waals surface area contributed by atoms with Crippen LogP contribution in [0.3, 0.4) is 0 Å². The number of benzene rings is 4. The molecule has 0 aliphatic rings. The van der Waals surface area contributed by atoms with Gasteiger partial charge in [0.2, 0.25) is 11.8 Å². The monoisotopic (exact) mass is 675 g/mol. The summed E-state index contributed by atoms with van der Waals surface area (Å²) in [5.74, 6) is -0.106. The van der Waals surface area contributed by atoms with Crippen molar-refractivity contribution in [2.75, 3.05) is 24.5 Å². The highest BCUT2D eigenvalue weighted by molar-refractivity contribution is 7.92. The topological polar surface area (TPSA) is 96.0 Å². The van der Waals surface area contributed by atoms with Gasteiger partial charge >= 0.3 is 0 Å². The average Bonchev–Trinajstić information content (AvgIpc) is 3.06. The maximum Gasteiger partial charge on any atom is 0.264 e. The molecule has 2 amide bonds. The lowest BCUT2D eigenvalue weighted by molar-refractivity contribution is -0.140. The van der Waals surface area contributed by atoms with Crippen molar-refractivity contribution in [1.29, 1.82) is 0 Å². The second-order valence-corrected chi connectivity index (χ2v) is 14.2. The first-order valence-corrected chi connectivity index (χ1v) is 17.3. The van der Waals surface area contributed by atoms with E-state index in [9.17, 15) is 18.0 Å². The molecule has 0 bridgehead atoms. The zero-order chi connectivity index (χ0) is 34.1. The predicted octanol–water partition coefficient (Wildman–Crippen LogP) is 6.57. The van der Waals surface area contributed by atoms with Gasteiger partial charge in [0, 0.05) is 24.5 Å². The summed E-state index contributed by atoms with van der Waals surface area (Å²) in [6.45, 7) is 7.46. The van der Waals surface area contributed by atoms with Crippen molar-refractivity contribution in [2.45, 2.75) is 51.6 Å². The Morgan fingerprint density at radius 2 is 1.53 bits per heavy atom. The number of carbonyl (C=O) groups is 2. The van der Waals surface area contributed by atoms with Gasteiger partial charge in [-0.2, -0.15) is 0 Å². The largest absolute Gasteiger partial charge is 0.497 e. The molecular weight excluding hydrogens is 634 g/mol. The molecule has 1 N–H and O–H groups in total. The minimum atomic E-state index is -4.24. The van der Waals surface area contributed by atoms with Gasteiger partial charge in [0.15, 0.2) is 0 Å². The van der Waals surface area contributed by atoms with Crippen LogP contribution in [0.4, 0.5) is 5.69 Å². The summed E-state index contributed by atoms with van der Waals surface area (Å²) in [5.41, 5.74) is 3.25. The molecule has 0 saturated carbocycles. The lowest BCUT2D eigenvalue weighted by Gasteiger charge is -2.34. The molecule has 0 unspecified atom stereocenters. The number of anilines is 1. The van der Waals surface area contributed by atoms with Crippen LogP contribution in [-0.4, -0.2) is 51.4 Å². The van der Waals surface area contributed by atoms with Crippen molar-refractivity contribution >= 4 is 39.1 Å². The second kappa shape index (κ2) is 16.0. The van der Waals surface area contributed by atoms with E-state index >= 15 is 0 Å². The van der Waals surface area contributed by atoms with Crippen LogP contribution < -0.4 is 14.4 Å². The van der Waals surface area contributed by atoms with E-state index < -0.39 is 28.5 Å². The lowest BCUT2D eigenvalue weighted by atomic mass is 10.0. The van der Waals surface area contributed by atoms with Crippen LogP contribution in [0.5, 0.6) is 5.75 Å². The molecule has 4 aromatic rings. The molecule has 0 spiro atoms. The number of hydrogen-bond acceptors (Lipinski definition) is 5. The van der Waals surface area contributed by atoms with Crippen LogP contribution in [0, 0.1) is 19.8 Å². The van der Waals surface area contributed by atoms with Crippen molar-refractivity contribution in [2.24, 2.45) is 5.92 Å². The van der Waals surface area contributed by atoms with Gasteiger partial charge in [-0.05, 0) is 72.9 Å². The third kappa shape index (κ3) is 9.14. The third-order valence-electron chi connectivity index (χ3n) is 7.84. The number of ether oxygens (including phenoxy) is 1. The van der Waals surface area contributed by atoms with E-state index in [1.54, 1.807) is 56.5 Å². The van der Waals surface area contributed by atoms with Crippen LogP contribution in [0.1, 0.15) is 36.1 Å². The fraction of sp³-hybridized carbons (Fsp3) is 0.297.